The highest BCUT2D eigenvalue weighted by atomic mass is 16.2. The summed E-state index contributed by atoms with van der Waals surface area (Å²) in [7, 11) is 3.66. The first-order valence-electron chi connectivity index (χ1n) is 11.1. The molecule has 34 heavy (non-hydrogen) atoms. The summed E-state index contributed by atoms with van der Waals surface area (Å²) >= 11 is 0. The second-order valence-electron chi connectivity index (χ2n) is 8.76. The van der Waals surface area contributed by atoms with Gasteiger partial charge in [0.2, 0.25) is 0 Å². The second kappa shape index (κ2) is 8.78. The molecule has 1 saturated heterocycles. The summed E-state index contributed by atoms with van der Waals surface area (Å²) in [5.41, 5.74) is 13.8. The Morgan fingerprint density at radius 3 is 2.74 bits per heavy atom. The molecule has 5 heterocycles. The van der Waals surface area contributed by atoms with Crippen molar-refractivity contribution in [1.29, 1.82) is 5.53 Å². The molecule has 2 aliphatic heterocycles. The van der Waals surface area contributed by atoms with E-state index >= 15 is 0 Å². The van der Waals surface area contributed by atoms with Gasteiger partial charge in [0.05, 0.1) is 36.2 Å². The topological polar surface area (TPSA) is 136 Å². The Hall–Kier alpha value is -3.93. The van der Waals surface area contributed by atoms with Gasteiger partial charge in [0.15, 0.2) is 0 Å². The Kier molecular flexibility index (Phi) is 5.65. The van der Waals surface area contributed by atoms with Crippen LogP contribution in [0.15, 0.2) is 35.9 Å². The van der Waals surface area contributed by atoms with Crippen molar-refractivity contribution in [3.63, 3.8) is 0 Å². The molecule has 0 aliphatic carbocycles. The maximum atomic E-state index is 13.4. The van der Waals surface area contributed by atoms with Crippen molar-refractivity contribution in [2.75, 3.05) is 31.6 Å². The third-order valence-electron chi connectivity index (χ3n) is 6.41. The number of urea groups is 1. The van der Waals surface area contributed by atoms with E-state index in [4.69, 9.17) is 10.5 Å². The number of anilines is 1. The fourth-order valence-corrected chi connectivity index (χ4v) is 4.77. The summed E-state index contributed by atoms with van der Waals surface area (Å²) in [6.45, 7) is 1.98. The lowest BCUT2D eigenvalue weighted by Gasteiger charge is -2.43. The van der Waals surface area contributed by atoms with Gasteiger partial charge in [-0.3, -0.25) is 24.3 Å². The summed E-state index contributed by atoms with van der Waals surface area (Å²) < 4.78 is 1.73. The maximum absolute atomic E-state index is 13.4. The van der Waals surface area contributed by atoms with Crippen molar-refractivity contribution < 1.29 is 9.59 Å². The minimum absolute atomic E-state index is 0.0244. The molecular formula is C22H26N10O2. The number of rotatable bonds is 5. The number of carbonyl (C=O) groups is 2. The molecule has 0 aromatic carbocycles. The van der Waals surface area contributed by atoms with Gasteiger partial charge in [-0.2, -0.15) is 10.6 Å². The number of aryl methyl sites for hydroxylation is 1. The van der Waals surface area contributed by atoms with E-state index in [-0.39, 0.29) is 24.5 Å². The van der Waals surface area contributed by atoms with Crippen LogP contribution in [0.3, 0.4) is 0 Å². The normalized spacial score (nSPS) is 17.2. The largest absolute Gasteiger partial charge is 0.324 e. The third-order valence-corrected chi connectivity index (χ3v) is 6.41. The Morgan fingerprint density at radius 2 is 2.03 bits per heavy atom. The summed E-state index contributed by atoms with van der Waals surface area (Å²) in [6.07, 6.45) is 6.96. The van der Waals surface area contributed by atoms with E-state index in [1.807, 2.05) is 41.4 Å². The zero-order chi connectivity index (χ0) is 23.8. The van der Waals surface area contributed by atoms with Crippen LogP contribution in [0.1, 0.15) is 18.4 Å². The molecule has 3 aromatic heterocycles. The predicted octanol–water partition coefficient (Wildman–Crippen LogP) is 1.93. The van der Waals surface area contributed by atoms with Crippen molar-refractivity contribution in [3.05, 3.63) is 36.3 Å². The lowest BCUT2D eigenvalue weighted by molar-refractivity contribution is -0.122. The quantitative estimate of drug-likeness (QED) is 0.439. The van der Waals surface area contributed by atoms with Crippen molar-refractivity contribution >= 4 is 28.7 Å². The van der Waals surface area contributed by atoms with Gasteiger partial charge >= 0.3 is 6.03 Å². The molecule has 0 bridgehead atoms. The Balaban J connectivity index is 1.49. The maximum Gasteiger partial charge on any atom is 0.324 e. The van der Waals surface area contributed by atoms with Gasteiger partial charge in [-0.1, -0.05) is 5.22 Å². The number of piperidine rings is 1. The molecule has 0 atom stereocenters. The SMILES string of the molecule is CN1Cc2cnc3ccc(-c4cnn(C)c4)nc3c2N(C2CCN(CC(=O)NN=N)CC2)C1=O. The molecule has 3 amide bonds. The van der Waals surface area contributed by atoms with Gasteiger partial charge in [0.25, 0.3) is 5.91 Å². The van der Waals surface area contributed by atoms with Gasteiger partial charge in [0, 0.05) is 56.7 Å². The number of hydrogen-bond acceptors (Lipinski definition) is 8. The average Bonchev–Trinajstić information content (AvgIpc) is 3.27. The molecule has 12 nitrogen and oxygen atoms in total. The molecule has 5 rings (SSSR count). The smallest absolute Gasteiger partial charge is 0.323 e. The number of amides is 3. The molecule has 0 unspecified atom stereocenters. The van der Waals surface area contributed by atoms with Gasteiger partial charge < -0.3 is 4.90 Å². The fourth-order valence-electron chi connectivity index (χ4n) is 4.77. The van der Waals surface area contributed by atoms with Crippen LogP contribution >= 0.6 is 0 Å². The molecule has 12 heteroatoms. The predicted molar refractivity (Wildman–Crippen MR) is 124 cm³/mol. The van der Waals surface area contributed by atoms with Crippen LogP contribution in [0.2, 0.25) is 0 Å². The minimum Gasteiger partial charge on any atom is -0.323 e. The number of nitrogens with zero attached hydrogens (tertiary/aromatic N) is 8. The molecule has 2 aliphatic rings. The number of pyridine rings is 2. The first-order chi connectivity index (χ1) is 16.4. The fraction of sp³-hybridized carbons (Fsp3) is 0.409. The van der Waals surface area contributed by atoms with Crippen LogP contribution < -0.4 is 10.3 Å². The van der Waals surface area contributed by atoms with Crippen molar-refractivity contribution in [2.24, 2.45) is 12.3 Å². The highest BCUT2D eigenvalue weighted by Crippen LogP contribution is 2.37. The van der Waals surface area contributed by atoms with Crippen LogP contribution in [-0.2, 0) is 18.4 Å². The average molecular weight is 463 g/mol. The highest BCUT2D eigenvalue weighted by molar-refractivity contribution is 6.04. The zero-order valence-corrected chi connectivity index (χ0v) is 19.1. The van der Waals surface area contributed by atoms with E-state index in [9.17, 15) is 9.59 Å². The Labute approximate surface area is 196 Å². The van der Waals surface area contributed by atoms with Crippen LogP contribution in [-0.4, -0.2) is 74.2 Å². The van der Waals surface area contributed by atoms with E-state index in [2.05, 4.69) is 20.7 Å². The van der Waals surface area contributed by atoms with Crippen LogP contribution in [0.25, 0.3) is 22.3 Å². The van der Waals surface area contributed by atoms with Crippen LogP contribution in [0.4, 0.5) is 10.5 Å². The molecular weight excluding hydrogens is 436 g/mol. The van der Waals surface area contributed by atoms with Gasteiger partial charge in [-0.15, -0.1) is 0 Å². The Bertz CT molecular complexity index is 1260. The van der Waals surface area contributed by atoms with E-state index in [0.717, 1.165) is 40.9 Å². The lowest BCUT2D eigenvalue weighted by atomic mass is 9.99. The van der Waals surface area contributed by atoms with E-state index in [1.54, 1.807) is 22.8 Å². The molecule has 2 N–H and O–H groups in total. The third kappa shape index (κ3) is 3.96. The van der Waals surface area contributed by atoms with E-state index in [0.29, 0.717) is 25.2 Å². The molecule has 0 radical (unpaired) electrons. The molecule has 3 aromatic rings. The first-order valence-corrected chi connectivity index (χ1v) is 11.1. The number of hydrogen-bond donors (Lipinski definition) is 2. The zero-order valence-electron chi connectivity index (χ0n) is 19.1. The summed E-state index contributed by atoms with van der Waals surface area (Å²) in [5, 5.41) is 7.19. The summed E-state index contributed by atoms with van der Waals surface area (Å²) in [6, 6.07) is 3.78. The van der Waals surface area contributed by atoms with Gasteiger partial charge in [-0.05, 0) is 25.0 Å². The second-order valence-corrected chi connectivity index (χ2v) is 8.76. The van der Waals surface area contributed by atoms with Crippen molar-refractivity contribution in [1.82, 2.24) is 35.0 Å². The van der Waals surface area contributed by atoms with Gasteiger partial charge in [-0.25, -0.2) is 15.2 Å². The number of fused-ring (bicyclic) bond motifs is 3. The molecule has 0 saturated carbocycles. The van der Waals surface area contributed by atoms with Crippen molar-refractivity contribution in [2.45, 2.75) is 25.4 Å². The summed E-state index contributed by atoms with van der Waals surface area (Å²) in [5.74, 6) is -0.309. The minimum atomic E-state index is -0.309. The van der Waals surface area contributed by atoms with E-state index in [1.165, 1.54) is 0 Å². The first kappa shape index (κ1) is 21.9. The number of nitrogens with one attached hydrogen (secondary N) is 2. The van der Waals surface area contributed by atoms with Gasteiger partial charge in [0.1, 0.15) is 5.52 Å². The molecule has 1 fully saturated rings. The van der Waals surface area contributed by atoms with Crippen LogP contribution in [0.5, 0.6) is 0 Å². The number of likely N-dealkylation sites (tertiary alicyclic amines) is 1. The molecule has 176 valence electrons. The standard InChI is InChI=1S/C22H26N10O2/c1-29-11-15-9-24-18-4-3-17(14-10-25-30(2)12-14)26-20(18)21(15)32(22(29)34)16-5-7-31(8-6-16)13-19(33)27-28-23/h3-4,9-10,12,16H,5-8,11,13H2,1-2H3,(H2,23,27,33). The molecule has 0 spiro atoms. The van der Waals surface area contributed by atoms with Crippen LogP contribution in [0, 0.1) is 5.53 Å². The number of aromatic nitrogens is 4. The highest BCUT2D eigenvalue weighted by Gasteiger charge is 2.37. The summed E-state index contributed by atoms with van der Waals surface area (Å²) in [4.78, 5) is 40.3. The Morgan fingerprint density at radius 1 is 1.24 bits per heavy atom. The van der Waals surface area contributed by atoms with Crippen molar-refractivity contribution in [3.8, 4) is 11.3 Å². The number of carbonyl (C=O) groups excluding carboxylic acids is 2. The lowest BCUT2D eigenvalue weighted by Crippen LogP contribution is -2.54. The monoisotopic (exact) mass is 462 g/mol. The van der Waals surface area contributed by atoms with E-state index < -0.39 is 0 Å².